The number of aromatic nitrogens is 2. The molecule has 2 rings (SSSR count). The van der Waals surface area contributed by atoms with Gasteiger partial charge < -0.3 is 4.74 Å². The van der Waals surface area contributed by atoms with Crippen molar-refractivity contribution >= 4 is 6.29 Å². The highest BCUT2D eigenvalue weighted by molar-refractivity contribution is 5.73. The van der Waals surface area contributed by atoms with Gasteiger partial charge in [0.15, 0.2) is 6.29 Å². The number of aldehydes is 1. The van der Waals surface area contributed by atoms with Crippen LogP contribution in [0.3, 0.4) is 0 Å². The summed E-state index contributed by atoms with van der Waals surface area (Å²) in [7, 11) is 0. The highest BCUT2D eigenvalue weighted by Gasteiger charge is 2.23. The molecule has 0 bridgehead atoms. The lowest BCUT2D eigenvalue weighted by atomic mass is 9.88. The van der Waals surface area contributed by atoms with E-state index in [2.05, 4.69) is 16.9 Å². The molecule has 0 spiro atoms. The highest BCUT2D eigenvalue weighted by Crippen LogP contribution is 2.26. The van der Waals surface area contributed by atoms with Crippen molar-refractivity contribution in [2.75, 3.05) is 0 Å². The molecule has 0 amide bonds. The van der Waals surface area contributed by atoms with Gasteiger partial charge in [0.2, 0.25) is 0 Å². The lowest BCUT2D eigenvalue weighted by molar-refractivity contribution is 0.0921. The molecule has 16 heavy (non-hydrogen) atoms. The second-order valence-electron chi connectivity index (χ2n) is 4.33. The largest absolute Gasteiger partial charge is 0.460 e. The summed E-state index contributed by atoms with van der Waals surface area (Å²) in [6.07, 6.45) is 8.69. The summed E-state index contributed by atoms with van der Waals surface area (Å²) in [4.78, 5) is 18.5. The van der Waals surface area contributed by atoms with Crippen molar-refractivity contribution in [1.29, 1.82) is 0 Å². The van der Waals surface area contributed by atoms with Crippen LogP contribution in [-0.4, -0.2) is 22.4 Å². The van der Waals surface area contributed by atoms with Crippen molar-refractivity contribution in [2.45, 2.75) is 38.7 Å². The lowest BCUT2D eigenvalue weighted by Gasteiger charge is -2.28. The number of ether oxygens (including phenoxy) is 1. The van der Waals surface area contributed by atoms with E-state index < -0.39 is 0 Å². The first kappa shape index (κ1) is 11.0. The molecule has 4 heteroatoms. The average molecular weight is 220 g/mol. The minimum Gasteiger partial charge on any atom is -0.460 e. The Morgan fingerprint density at radius 2 is 2.00 bits per heavy atom. The summed E-state index contributed by atoms with van der Waals surface area (Å²) in [5, 5.41) is 0. The van der Waals surface area contributed by atoms with Crippen molar-refractivity contribution < 1.29 is 9.53 Å². The zero-order chi connectivity index (χ0) is 11.4. The van der Waals surface area contributed by atoms with E-state index in [-0.39, 0.29) is 6.10 Å². The Balaban J connectivity index is 1.99. The molecule has 1 heterocycles. The van der Waals surface area contributed by atoms with Gasteiger partial charge in [0.25, 0.3) is 0 Å². The summed E-state index contributed by atoms with van der Waals surface area (Å²) in [5.41, 5.74) is 0.476. The monoisotopic (exact) mass is 220 g/mol. The van der Waals surface area contributed by atoms with Crippen LogP contribution in [0.4, 0.5) is 0 Å². The Morgan fingerprint density at radius 3 is 2.62 bits per heavy atom. The molecule has 0 aliphatic heterocycles. The highest BCUT2D eigenvalue weighted by atomic mass is 16.5. The smallest absolute Gasteiger partial charge is 0.316 e. The quantitative estimate of drug-likeness (QED) is 0.733. The number of nitrogens with zero attached hydrogens (tertiary/aromatic N) is 2. The topological polar surface area (TPSA) is 52.1 Å². The molecule has 1 aromatic heterocycles. The van der Waals surface area contributed by atoms with Gasteiger partial charge in [-0.15, -0.1) is 0 Å². The molecule has 4 nitrogen and oxygen atoms in total. The van der Waals surface area contributed by atoms with Crippen molar-refractivity contribution in [3.8, 4) is 6.01 Å². The van der Waals surface area contributed by atoms with E-state index in [0.717, 1.165) is 12.7 Å². The number of hydrogen-bond acceptors (Lipinski definition) is 4. The minimum atomic E-state index is 0.218. The second kappa shape index (κ2) is 5.05. The third-order valence-electron chi connectivity index (χ3n) is 3.07. The summed E-state index contributed by atoms with van der Waals surface area (Å²) in [5.74, 6) is 0.558. The molecule has 1 aliphatic carbocycles. The Labute approximate surface area is 95.1 Å². The van der Waals surface area contributed by atoms with E-state index in [9.17, 15) is 4.79 Å². The number of carbonyl (C=O) groups excluding carboxylic acids is 1. The van der Waals surface area contributed by atoms with Gasteiger partial charge in [-0.1, -0.05) is 13.3 Å². The standard InChI is InChI=1S/C12H16N2O2/c1-9-4-2-3-5-11(9)16-12-13-6-10(8-15)7-14-12/h6-9,11H,2-5H2,1H3. The summed E-state index contributed by atoms with van der Waals surface area (Å²) >= 11 is 0. The molecule has 1 fully saturated rings. The molecule has 0 aromatic carbocycles. The first-order valence-electron chi connectivity index (χ1n) is 5.73. The van der Waals surface area contributed by atoms with E-state index >= 15 is 0 Å². The van der Waals surface area contributed by atoms with Gasteiger partial charge in [0.1, 0.15) is 6.10 Å². The van der Waals surface area contributed by atoms with Crippen LogP contribution in [0.25, 0.3) is 0 Å². The van der Waals surface area contributed by atoms with E-state index in [1.807, 2.05) is 0 Å². The van der Waals surface area contributed by atoms with Crippen LogP contribution in [0.2, 0.25) is 0 Å². The fourth-order valence-electron chi connectivity index (χ4n) is 2.04. The molecule has 1 aromatic rings. The van der Waals surface area contributed by atoms with Crippen molar-refractivity contribution in [3.63, 3.8) is 0 Å². The molecule has 1 saturated carbocycles. The molecular weight excluding hydrogens is 204 g/mol. The number of hydrogen-bond donors (Lipinski definition) is 0. The molecular formula is C12H16N2O2. The summed E-state index contributed by atoms with van der Waals surface area (Å²) in [6.45, 7) is 2.20. The average Bonchev–Trinajstić information content (AvgIpc) is 2.33. The van der Waals surface area contributed by atoms with E-state index in [4.69, 9.17) is 4.74 Å². The zero-order valence-corrected chi connectivity index (χ0v) is 9.43. The van der Waals surface area contributed by atoms with Crippen molar-refractivity contribution in [2.24, 2.45) is 5.92 Å². The SMILES string of the molecule is CC1CCCCC1Oc1ncc(C=O)cn1. The first-order chi connectivity index (χ1) is 7.79. The summed E-state index contributed by atoms with van der Waals surface area (Å²) in [6, 6.07) is 0.379. The van der Waals surface area contributed by atoms with Crippen LogP contribution < -0.4 is 4.74 Å². The summed E-state index contributed by atoms with van der Waals surface area (Å²) < 4.78 is 5.73. The predicted molar refractivity (Wildman–Crippen MR) is 59.5 cm³/mol. The molecule has 2 atom stereocenters. The van der Waals surface area contributed by atoms with E-state index in [1.54, 1.807) is 0 Å². The Bertz CT molecular complexity index is 351. The molecule has 0 saturated heterocycles. The Morgan fingerprint density at radius 1 is 1.31 bits per heavy atom. The van der Waals surface area contributed by atoms with Gasteiger partial charge in [-0.05, 0) is 25.2 Å². The van der Waals surface area contributed by atoms with Crippen LogP contribution in [0.5, 0.6) is 6.01 Å². The Kier molecular flexibility index (Phi) is 3.49. The zero-order valence-electron chi connectivity index (χ0n) is 9.43. The minimum absolute atomic E-state index is 0.218. The normalized spacial score (nSPS) is 25.1. The molecule has 86 valence electrons. The maximum Gasteiger partial charge on any atom is 0.316 e. The van der Waals surface area contributed by atoms with Gasteiger partial charge in [-0.2, -0.15) is 0 Å². The van der Waals surface area contributed by atoms with Crippen molar-refractivity contribution in [3.05, 3.63) is 18.0 Å². The van der Waals surface area contributed by atoms with Crippen LogP contribution in [-0.2, 0) is 0 Å². The van der Waals surface area contributed by atoms with Gasteiger partial charge in [0, 0.05) is 12.4 Å². The number of rotatable bonds is 3. The van der Waals surface area contributed by atoms with Gasteiger partial charge in [0.05, 0.1) is 5.56 Å². The maximum atomic E-state index is 10.4. The van der Waals surface area contributed by atoms with Gasteiger partial charge in [-0.3, -0.25) is 4.79 Å². The van der Waals surface area contributed by atoms with Crippen LogP contribution >= 0.6 is 0 Å². The maximum absolute atomic E-state index is 10.4. The van der Waals surface area contributed by atoms with E-state index in [1.165, 1.54) is 31.7 Å². The number of carbonyl (C=O) groups is 1. The van der Waals surface area contributed by atoms with Crippen LogP contribution in [0.15, 0.2) is 12.4 Å². The molecule has 0 N–H and O–H groups in total. The van der Waals surface area contributed by atoms with Crippen LogP contribution in [0.1, 0.15) is 43.0 Å². The van der Waals surface area contributed by atoms with Crippen LogP contribution in [0, 0.1) is 5.92 Å². The first-order valence-corrected chi connectivity index (χ1v) is 5.73. The molecule has 2 unspecified atom stereocenters. The fourth-order valence-corrected chi connectivity index (χ4v) is 2.04. The predicted octanol–water partition coefficient (Wildman–Crippen LogP) is 2.25. The Hall–Kier alpha value is -1.45. The van der Waals surface area contributed by atoms with Crippen molar-refractivity contribution in [1.82, 2.24) is 9.97 Å². The van der Waals surface area contributed by atoms with E-state index in [0.29, 0.717) is 17.5 Å². The second-order valence-corrected chi connectivity index (χ2v) is 4.33. The lowest BCUT2D eigenvalue weighted by Crippen LogP contribution is -2.28. The third-order valence-corrected chi connectivity index (χ3v) is 3.07. The van der Waals surface area contributed by atoms with Gasteiger partial charge >= 0.3 is 6.01 Å². The van der Waals surface area contributed by atoms with Gasteiger partial charge in [-0.25, -0.2) is 9.97 Å². The molecule has 0 radical (unpaired) electrons. The third kappa shape index (κ3) is 2.56. The molecule has 1 aliphatic rings. The fraction of sp³-hybridized carbons (Fsp3) is 0.583.